The van der Waals surface area contributed by atoms with Gasteiger partial charge in [-0.15, -0.1) is 0 Å². The van der Waals surface area contributed by atoms with Crippen LogP contribution < -0.4 is 5.32 Å². The fourth-order valence-corrected chi connectivity index (χ4v) is 1.49. The van der Waals surface area contributed by atoms with Crippen LogP contribution in [0.1, 0.15) is 5.56 Å². The number of nitrogens with zero attached hydrogens (tertiary/aromatic N) is 2. The molecule has 0 fully saturated rings. The third-order valence-electron chi connectivity index (χ3n) is 2.40. The first-order valence-corrected chi connectivity index (χ1v) is 5.41. The number of rotatable bonds is 4. The first kappa shape index (κ1) is 10.8. The Kier molecular flexibility index (Phi) is 3.62. The summed E-state index contributed by atoms with van der Waals surface area (Å²) in [6.45, 7) is 0.952. The van der Waals surface area contributed by atoms with E-state index in [9.17, 15) is 0 Å². The summed E-state index contributed by atoms with van der Waals surface area (Å²) >= 11 is 0. The van der Waals surface area contributed by atoms with Gasteiger partial charge in [0, 0.05) is 18.0 Å². The van der Waals surface area contributed by atoms with Gasteiger partial charge in [0.05, 0.1) is 0 Å². The molecule has 0 aliphatic rings. The van der Waals surface area contributed by atoms with E-state index in [1.807, 2.05) is 49.8 Å². The summed E-state index contributed by atoms with van der Waals surface area (Å²) in [4.78, 5) is 8.73. The van der Waals surface area contributed by atoms with Gasteiger partial charge in [0.2, 0.25) is 0 Å². The van der Waals surface area contributed by atoms with Gasteiger partial charge in [0.1, 0.15) is 0 Å². The fourth-order valence-electron chi connectivity index (χ4n) is 1.49. The van der Waals surface area contributed by atoms with E-state index in [1.165, 1.54) is 0 Å². The number of hydrogen-bond donors (Lipinski definition) is 1. The van der Waals surface area contributed by atoms with Gasteiger partial charge in [0.25, 0.3) is 0 Å². The van der Waals surface area contributed by atoms with Gasteiger partial charge in [-0.05, 0) is 25.6 Å². The molecule has 0 spiro atoms. The second-order valence-electron chi connectivity index (χ2n) is 3.63. The largest absolute Gasteiger partial charge is 0.319 e. The minimum absolute atomic E-state index is 0.786. The Morgan fingerprint density at radius 1 is 1.06 bits per heavy atom. The molecule has 0 amide bonds. The van der Waals surface area contributed by atoms with Crippen LogP contribution in [-0.2, 0) is 6.42 Å². The summed E-state index contributed by atoms with van der Waals surface area (Å²) in [7, 11) is 1.94. The highest BCUT2D eigenvalue weighted by molar-refractivity contribution is 5.53. The van der Waals surface area contributed by atoms with Gasteiger partial charge in [-0.2, -0.15) is 0 Å². The Bertz CT molecular complexity index is 423. The number of likely N-dealkylation sites (N-methyl/N-ethyl adjacent to an activating group) is 1. The molecule has 0 unspecified atom stereocenters. The Balaban J connectivity index is 2.13. The van der Waals surface area contributed by atoms with E-state index in [-0.39, 0.29) is 0 Å². The summed E-state index contributed by atoms with van der Waals surface area (Å²) in [5.41, 5.74) is 2.22. The van der Waals surface area contributed by atoms with Crippen LogP contribution in [0.2, 0.25) is 0 Å². The van der Waals surface area contributed by atoms with Crippen LogP contribution in [0.5, 0.6) is 0 Å². The predicted octanol–water partition coefficient (Wildman–Crippen LogP) is 1.91. The Labute approximate surface area is 95.6 Å². The molecule has 1 aromatic carbocycles. The third-order valence-corrected chi connectivity index (χ3v) is 2.40. The quantitative estimate of drug-likeness (QED) is 0.843. The first-order valence-electron chi connectivity index (χ1n) is 5.41. The van der Waals surface area contributed by atoms with Crippen molar-refractivity contribution in [1.29, 1.82) is 0 Å². The molecule has 82 valence electrons. The molecule has 1 heterocycles. The maximum Gasteiger partial charge on any atom is 0.159 e. The highest BCUT2D eigenvalue weighted by Gasteiger charge is 1.99. The van der Waals surface area contributed by atoms with Crippen LogP contribution in [0, 0.1) is 0 Å². The lowest BCUT2D eigenvalue weighted by Gasteiger charge is -2.02. The lowest BCUT2D eigenvalue weighted by Crippen LogP contribution is -2.10. The van der Waals surface area contributed by atoms with E-state index in [4.69, 9.17) is 0 Å². The van der Waals surface area contributed by atoms with Gasteiger partial charge in [-0.3, -0.25) is 0 Å². The SMILES string of the molecule is CNCCc1cnc(-c2ccccc2)nc1. The van der Waals surface area contributed by atoms with Crippen molar-refractivity contribution < 1.29 is 0 Å². The highest BCUT2D eigenvalue weighted by atomic mass is 14.9. The molecule has 0 radical (unpaired) electrons. The normalized spacial score (nSPS) is 10.3. The molecule has 1 aromatic heterocycles. The van der Waals surface area contributed by atoms with Crippen molar-refractivity contribution in [1.82, 2.24) is 15.3 Å². The molecular formula is C13H15N3. The zero-order chi connectivity index (χ0) is 11.2. The minimum Gasteiger partial charge on any atom is -0.319 e. The second-order valence-corrected chi connectivity index (χ2v) is 3.63. The van der Waals surface area contributed by atoms with Gasteiger partial charge in [0.15, 0.2) is 5.82 Å². The first-order chi connectivity index (χ1) is 7.90. The van der Waals surface area contributed by atoms with Gasteiger partial charge in [-0.25, -0.2) is 9.97 Å². The van der Waals surface area contributed by atoms with Crippen molar-refractivity contribution in [2.24, 2.45) is 0 Å². The Hall–Kier alpha value is -1.74. The smallest absolute Gasteiger partial charge is 0.159 e. The van der Waals surface area contributed by atoms with E-state index in [0.29, 0.717) is 0 Å². The Morgan fingerprint density at radius 3 is 2.38 bits per heavy atom. The number of hydrogen-bond acceptors (Lipinski definition) is 3. The molecule has 16 heavy (non-hydrogen) atoms. The number of aromatic nitrogens is 2. The average Bonchev–Trinajstić information content (AvgIpc) is 2.38. The molecule has 0 aliphatic heterocycles. The lowest BCUT2D eigenvalue weighted by molar-refractivity contribution is 0.786. The minimum atomic E-state index is 0.786. The fraction of sp³-hybridized carbons (Fsp3) is 0.231. The lowest BCUT2D eigenvalue weighted by atomic mass is 10.2. The van der Waals surface area contributed by atoms with Crippen LogP contribution in [0.4, 0.5) is 0 Å². The van der Waals surface area contributed by atoms with E-state index < -0.39 is 0 Å². The maximum atomic E-state index is 4.36. The van der Waals surface area contributed by atoms with Crippen molar-refractivity contribution in [2.75, 3.05) is 13.6 Å². The third kappa shape index (κ3) is 2.64. The van der Waals surface area contributed by atoms with Crippen LogP contribution >= 0.6 is 0 Å². The van der Waals surface area contributed by atoms with Crippen LogP contribution in [0.25, 0.3) is 11.4 Å². The zero-order valence-electron chi connectivity index (χ0n) is 9.35. The molecule has 3 nitrogen and oxygen atoms in total. The molecule has 1 N–H and O–H groups in total. The average molecular weight is 213 g/mol. The van der Waals surface area contributed by atoms with Gasteiger partial charge < -0.3 is 5.32 Å². The molecule has 0 saturated heterocycles. The second kappa shape index (κ2) is 5.37. The standard InChI is InChI=1S/C13H15N3/c1-14-8-7-11-9-15-13(16-10-11)12-5-3-2-4-6-12/h2-6,9-10,14H,7-8H2,1H3. The Morgan fingerprint density at radius 2 is 1.75 bits per heavy atom. The summed E-state index contributed by atoms with van der Waals surface area (Å²) in [6, 6.07) is 10.0. The maximum absolute atomic E-state index is 4.36. The molecule has 0 aliphatic carbocycles. The number of benzene rings is 1. The predicted molar refractivity (Wildman–Crippen MR) is 65.1 cm³/mol. The molecule has 3 heteroatoms. The van der Waals surface area contributed by atoms with Crippen molar-refractivity contribution in [3.8, 4) is 11.4 Å². The van der Waals surface area contributed by atoms with Crippen molar-refractivity contribution in [3.05, 3.63) is 48.3 Å². The van der Waals surface area contributed by atoms with Crippen LogP contribution in [-0.4, -0.2) is 23.6 Å². The molecule has 2 aromatic rings. The highest BCUT2D eigenvalue weighted by Crippen LogP contribution is 2.12. The van der Waals surface area contributed by atoms with E-state index in [2.05, 4.69) is 15.3 Å². The molecular weight excluding hydrogens is 198 g/mol. The van der Waals surface area contributed by atoms with Crippen molar-refractivity contribution in [3.63, 3.8) is 0 Å². The van der Waals surface area contributed by atoms with Gasteiger partial charge in [-0.1, -0.05) is 30.3 Å². The zero-order valence-corrected chi connectivity index (χ0v) is 9.35. The van der Waals surface area contributed by atoms with Gasteiger partial charge >= 0.3 is 0 Å². The van der Waals surface area contributed by atoms with E-state index >= 15 is 0 Å². The summed E-state index contributed by atoms with van der Waals surface area (Å²) < 4.78 is 0. The van der Waals surface area contributed by atoms with E-state index in [1.54, 1.807) is 0 Å². The molecule has 0 bridgehead atoms. The van der Waals surface area contributed by atoms with Crippen LogP contribution in [0.3, 0.4) is 0 Å². The summed E-state index contributed by atoms with van der Waals surface area (Å²) in [6.07, 6.45) is 4.75. The molecule has 0 atom stereocenters. The summed E-state index contributed by atoms with van der Waals surface area (Å²) in [5.74, 6) is 0.786. The van der Waals surface area contributed by atoms with Crippen LogP contribution in [0.15, 0.2) is 42.7 Å². The monoisotopic (exact) mass is 213 g/mol. The summed E-state index contributed by atoms with van der Waals surface area (Å²) in [5, 5.41) is 3.11. The topological polar surface area (TPSA) is 37.8 Å². The van der Waals surface area contributed by atoms with Crippen molar-refractivity contribution >= 4 is 0 Å². The van der Waals surface area contributed by atoms with E-state index in [0.717, 1.165) is 29.9 Å². The molecule has 2 rings (SSSR count). The van der Waals surface area contributed by atoms with Crippen molar-refractivity contribution in [2.45, 2.75) is 6.42 Å². The number of nitrogens with one attached hydrogen (secondary N) is 1. The molecule has 0 saturated carbocycles.